The number of para-hydroxylation sites is 1. The molecule has 2 aromatic rings. The lowest BCUT2D eigenvalue weighted by Gasteiger charge is -2.25. The summed E-state index contributed by atoms with van der Waals surface area (Å²) in [6.07, 6.45) is 0.759. The molecule has 0 aliphatic carbocycles. The molecule has 6 nitrogen and oxygen atoms in total. The van der Waals surface area contributed by atoms with Crippen LogP contribution in [0.15, 0.2) is 54.6 Å². The largest absolute Gasteiger partial charge is 0.365 e. The van der Waals surface area contributed by atoms with Gasteiger partial charge in [-0.3, -0.25) is 4.79 Å². The van der Waals surface area contributed by atoms with Crippen molar-refractivity contribution >= 4 is 34.9 Å². The number of anilines is 2. The van der Waals surface area contributed by atoms with Gasteiger partial charge in [0, 0.05) is 49.6 Å². The van der Waals surface area contributed by atoms with Crippen LogP contribution in [0.2, 0.25) is 5.02 Å². The molecule has 1 saturated heterocycles. The molecule has 148 valence electrons. The fraction of sp³-hybridized carbons (Fsp3) is 0.333. The maximum absolute atomic E-state index is 12.7. The Labute approximate surface area is 170 Å². The molecule has 3 amide bonds. The summed E-state index contributed by atoms with van der Waals surface area (Å²) in [6, 6.07) is 16.7. The fourth-order valence-electron chi connectivity index (χ4n) is 3.18. The molecule has 0 atom stereocenters. The van der Waals surface area contributed by atoms with Crippen LogP contribution in [0.25, 0.3) is 0 Å². The Balaban J connectivity index is 1.51. The van der Waals surface area contributed by atoms with Crippen molar-refractivity contribution in [3.8, 4) is 0 Å². The first-order valence-electron chi connectivity index (χ1n) is 9.38. The second-order valence-electron chi connectivity index (χ2n) is 6.85. The maximum Gasteiger partial charge on any atom is 0.321 e. The zero-order valence-electron chi connectivity index (χ0n) is 16.0. The minimum atomic E-state index is -0.155. The van der Waals surface area contributed by atoms with Gasteiger partial charge in [-0.15, -0.1) is 0 Å². The molecular formula is C21H25ClN4O2. The van der Waals surface area contributed by atoms with Crippen LogP contribution in [0.3, 0.4) is 0 Å². The number of nitrogens with one attached hydrogen (secondary N) is 1. The van der Waals surface area contributed by atoms with E-state index in [2.05, 4.69) is 5.32 Å². The first kappa shape index (κ1) is 20.0. The van der Waals surface area contributed by atoms with Crippen LogP contribution in [0.1, 0.15) is 6.42 Å². The lowest BCUT2D eigenvalue weighted by molar-refractivity contribution is -0.129. The Kier molecular flexibility index (Phi) is 6.76. The number of urea groups is 1. The van der Waals surface area contributed by atoms with Gasteiger partial charge >= 0.3 is 6.03 Å². The summed E-state index contributed by atoms with van der Waals surface area (Å²) in [6.45, 7) is 2.65. The lowest BCUT2D eigenvalue weighted by atomic mass is 10.3. The number of hydrogen-bond acceptors (Lipinski definition) is 3. The second kappa shape index (κ2) is 9.46. The van der Waals surface area contributed by atoms with Crippen LogP contribution in [-0.2, 0) is 4.79 Å². The van der Waals surface area contributed by atoms with Crippen molar-refractivity contribution in [3.63, 3.8) is 0 Å². The zero-order chi connectivity index (χ0) is 19.9. The number of carbonyl (C=O) groups is 2. The summed E-state index contributed by atoms with van der Waals surface area (Å²) in [5.74, 6) is 0.0753. The zero-order valence-corrected chi connectivity index (χ0v) is 16.7. The van der Waals surface area contributed by atoms with E-state index in [0.29, 0.717) is 43.4 Å². The number of carbonyl (C=O) groups excluding carboxylic acids is 2. The summed E-state index contributed by atoms with van der Waals surface area (Å²) < 4.78 is 0. The highest BCUT2D eigenvalue weighted by Gasteiger charge is 2.22. The van der Waals surface area contributed by atoms with E-state index in [9.17, 15) is 9.59 Å². The predicted octanol–water partition coefficient (Wildman–Crippen LogP) is 3.54. The molecule has 0 saturated carbocycles. The number of benzene rings is 2. The molecule has 2 aromatic carbocycles. The standard InChI is InChI=1S/C21H25ClN4O2/c1-24(19-6-3-2-4-7-19)16-20(27)25-12-5-13-26(15-14-25)21(28)23-18-10-8-17(22)9-11-18/h2-4,6-11H,5,12-16H2,1H3,(H,23,28). The van der Waals surface area contributed by atoms with Crippen molar-refractivity contribution in [1.29, 1.82) is 0 Å². The Morgan fingerprint density at radius 1 is 0.964 bits per heavy atom. The minimum Gasteiger partial charge on any atom is -0.365 e. The third kappa shape index (κ3) is 5.39. The Hall–Kier alpha value is -2.73. The molecule has 1 N–H and O–H groups in total. The normalized spacial score (nSPS) is 14.4. The van der Waals surface area contributed by atoms with Gasteiger partial charge in [0.25, 0.3) is 0 Å². The third-order valence-electron chi connectivity index (χ3n) is 4.80. The van der Waals surface area contributed by atoms with Gasteiger partial charge in [-0.1, -0.05) is 29.8 Å². The Bertz CT molecular complexity index is 798. The van der Waals surface area contributed by atoms with E-state index in [1.165, 1.54) is 0 Å². The van der Waals surface area contributed by atoms with Crippen LogP contribution in [0.5, 0.6) is 0 Å². The molecule has 0 aromatic heterocycles. The van der Waals surface area contributed by atoms with E-state index >= 15 is 0 Å². The average molecular weight is 401 g/mol. The number of nitrogens with zero attached hydrogens (tertiary/aromatic N) is 3. The van der Waals surface area contributed by atoms with E-state index in [1.54, 1.807) is 29.2 Å². The Morgan fingerprint density at radius 2 is 1.61 bits per heavy atom. The van der Waals surface area contributed by atoms with Gasteiger partial charge in [0.15, 0.2) is 0 Å². The molecule has 1 aliphatic rings. The van der Waals surface area contributed by atoms with Crippen molar-refractivity contribution in [1.82, 2.24) is 9.80 Å². The molecule has 28 heavy (non-hydrogen) atoms. The second-order valence-corrected chi connectivity index (χ2v) is 7.29. The number of hydrogen-bond donors (Lipinski definition) is 1. The van der Waals surface area contributed by atoms with Crippen molar-refractivity contribution in [2.45, 2.75) is 6.42 Å². The highest BCUT2D eigenvalue weighted by atomic mass is 35.5. The van der Waals surface area contributed by atoms with Crippen molar-refractivity contribution in [2.24, 2.45) is 0 Å². The van der Waals surface area contributed by atoms with Crippen LogP contribution in [-0.4, -0.2) is 61.5 Å². The highest BCUT2D eigenvalue weighted by Crippen LogP contribution is 2.15. The van der Waals surface area contributed by atoms with Gasteiger partial charge in [-0.2, -0.15) is 0 Å². The first-order valence-corrected chi connectivity index (χ1v) is 9.76. The average Bonchev–Trinajstić information content (AvgIpc) is 2.97. The smallest absolute Gasteiger partial charge is 0.321 e. The molecule has 0 bridgehead atoms. The van der Waals surface area contributed by atoms with Crippen LogP contribution < -0.4 is 10.2 Å². The topological polar surface area (TPSA) is 55.9 Å². The van der Waals surface area contributed by atoms with E-state index in [0.717, 1.165) is 12.1 Å². The van der Waals surface area contributed by atoms with Crippen molar-refractivity contribution in [3.05, 3.63) is 59.6 Å². The van der Waals surface area contributed by atoms with Crippen LogP contribution >= 0.6 is 11.6 Å². The van der Waals surface area contributed by atoms with Gasteiger partial charge in [0.05, 0.1) is 6.54 Å². The van der Waals surface area contributed by atoms with Crippen LogP contribution in [0.4, 0.5) is 16.2 Å². The Morgan fingerprint density at radius 3 is 2.32 bits per heavy atom. The highest BCUT2D eigenvalue weighted by molar-refractivity contribution is 6.30. The quantitative estimate of drug-likeness (QED) is 0.853. The molecule has 1 heterocycles. The van der Waals surface area contributed by atoms with Crippen molar-refractivity contribution < 1.29 is 9.59 Å². The van der Waals surface area contributed by atoms with Gasteiger partial charge in [0.1, 0.15) is 0 Å². The molecule has 1 fully saturated rings. The van der Waals surface area contributed by atoms with E-state index in [-0.39, 0.29) is 11.9 Å². The summed E-state index contributed by atoms with van der Waals surface area (Å²) in [5, 5.41) is 3.51. The molecule has 7 heteroatoms. The van der Waals surface area contributed by atoms with E-state index < -0.39 is 0 Å². The predicted molar refractivity (Wildman–Crippen MR) is 113 cm³/mol. The number of amides is 3. The molecule has 0 radical (unpaired) electrons. The summed E-state index contributed by atoms with van der Waals surface area (Å²) in [5.41, 5.74) is 1.71. The number of halogens is 1. The first-order chi connectivity index (χ1) is 13.5. The van der Waals surface area contributed by atoms with Gasteiger partial charge in [-0.25, -0.2) is 4.79 Å². The molecule has 0 spiro atoms. The summed E-state index contributed by atoms with van der Waals surface area (Å²) in [7, 11) is 1.91. The maximum atomic E-state index is 12.7. The SMILES string of the molecule is CN(CC(=O)N1CCCN(C(=O)Nc2ccc(Cl)cc2)CC1)c1ccccc1. The van der Waals surface area contributed by atoms with E-state index in [4.69, 9.17) is 11.6 Å². The fourth-order valence-corrected chi connectivity index (χ4v) is 3.31. The lowest BCUT2D eigenvalue weighted by Crippen LogP contribution is -2.42. The van der Waals surface area contributed by atoms with Gasteiger partial charge < -0.3 is 20.0 Å². The van der Waals surface area contributed by atoms with Gasteiger partial charge in [-0.05, 0) is 42.8 Å². The monoisotopic (exact) mass is 400 g/mol. The molecular weight excluding hydrogens is 376 g/mol. The molecule has 1 aliphatic heterocycles. The van der Waals surface area contributed by atoms with Crippen LogP contribution in [0, 0.1) is 0 Å². The number of likely N-dealkylation sites (N-methyl/N-ethyl adjacent to an activating group) is 1. The molecule has 3 rings (SSSR count). The molecule has 0 unspecified atom stereocenters. The third-order valence-corrected chi connectivity index (χ3v) is 5.05. The van der Waals surface area contributed by atoms with E-state index in [1.807, 2.05) is 47.2 Å². The summed E-state index contributed by atoms with van der Waals surface area (Å²) in [4.78, 5) is 30.7. The summed E-state index contributed by atoms with van der Waals surface area (Å²) >= 11 is 5.88. The number of rotatable bonds is 4. The van der Waals surface area contributed by atoms with Crippen molar-refractivity contribution in [2.75, 3.05) is 50.0 Å². The minimum absolute atomic E-state index is 0.0753. The van der Waals surface area contributed by atoms with Gasteiger partial charge in [0.2, 0.25) is 5.91 Å².